The van der Waals surface area contributed by atoms with Gasteiger partial charge in [0.25, 0.3) is 0 Å². The quantitative estimate of drug-likeness (QED) is 0.439. The number of thiocarbonyl (C=S) groups is 1. The van der Waals surface area contributed by atoms with Crippen LogP contribution in [0.4, 0.5) is 10.1 Å². The molecule has 0 spiro atoms. The average Bonchev–Trinajstić information content (AvgIpc) is 2.78. The van der Waals surface area contributed by atoms with Crippen LogP contribution in [0.25, 0.3) is 5.69 Å². The van der Waals surface area contributed by atoms with Crippen LogP contribution in [0.2, 0.25) is 5.02 Å². The molecule has 3 rings (SSSR count). The van der Waals surface area contributed by atoms with Crippen LogP contribution < -0.4 is 27.8 Å². The summed E-state index contributed by atoms with van der Waals surface area (Å²) in [5, 5.41) is 4.32. The highest BCUT2D eigenvalue weighted by Crippen LogP contribution is 2.26. The summed E-state index contributed by atoms with van der Waals surface area (Å²) in [7, 11) is 1.14. The van der Waals surface area contributed by atoms with Crippen molar-refractivity contribution >= 4 is 40.6 Å². The first-order chi connectivity index (χ1) is 16.0. The van der Waals surface area contributed by atoms with Gasteiger partial charge in [0, 0.05) is 20.1 Å². The number of nitrogens with zero attached hydrogens (tertiary/aromatic N) is 4. The van der Waals surface area contributed by atoms with Crippen LogP contribution in [0.5, 0.6) is 0 Å². The molecule has 11 nitrogen and oxygen atoms in total. The third-order valence-electron chi connectivity index (χ3n) is 4.95. The van der Waals surface area contributed by atoms with Gasteiger partial charge in [-0.15, -0.1) is 0 Å². The summed E-state index contributed by atoms with van der Waals surface area (Å²) in [5.41, 5.74) is -0.425. The summed E-state index contributed by atoms with van der Waals surface area (Å²) in [6.45, 7) is 3.82. The van der Waals surface area contributed by atoms with Crippen LogP contribution >= 0.6 is 23.8 Å². The fraction of sp³-hybridized carbons (Fsp3) is 0.450. The molecule has 0 saturated carbocycles. The Kier molecular flexibility index (Phi) is 7.89. The standard InChI is InChI=1S/C20H24ClFN6O5S/c1-11(2)33-16(29)10-26-18(30)25(3)19(31)28(20(26)32)15-9-14(13(22)8-12(15)21)24-17(34)27-7-5-4-6-23-27/h8-9,11,23H,4-7,10H2,1-3H3,(H,24,34). The van der Waals surface area contributed by atoms with E-state index in [0.717, 1.165) is 32.0 Å². The third kappa shape index (κ3) is 5.37. The largest absolute Gasteiger partial charge is 0.462 e. The molecule has 0 bridgehead atoms. The molecule has 0 atom stereocenters. The van der Waals surface area contributed by atoms with Crippen LogP contribution in [0.1, 0.15) is 26.7 Å². The molecule has 34 heavy (non-hydrogen) atoms. The molecular formula is C20H24ClFN6O5S. The second kappa shape index (κ2) is 10.5. The third-order valence-corrected chi connectivity index (χ3v) is 5.57. The Morgan fingerprint density at radius 3 is 2.56 bits per heavy atom. The molecule has 1 saturated heterocycles. The highest BCUT2D eigenvalue weighted by molar-refractivity contribution is 7.80. The predicted octanol–water partition coefficient (Wildman–Crippen LogP) is 0.739. The minimum Gasteiger partial charge on any atom is -0.462 e. The Morgan fingerprint density at radius 1 is 1.24 bits per heavy atom. The van der Waals surface area contributed by atoms with E-state index < -0.39 is 41.5 Å². The number of ether oxygens (including phenoxy) is 1. The number of esters is 1. The number of rotatable bonds is 5. The molecule has 2 aromatic rings. The van der Waals surface area contributed by atoms with Gasteiger partial charge >= 0.3 is 23.0 Å². The first-order valence-corrected chi connectivity index (χ1v) is 11.2. The summed E-state index contributed by atoms with van der Waals surface area (Å²) in [6, 6.07) is 2.05. The molecular weight excluding hydrogens is 491 g/mol. The monoisotopic (exact) mass is 514 g/mol. The van der Waals surface area contributed by atoms with Crippen molar-refractivity contribution in [2.75, 3.05) is 18.4 Å². The Balaban J connectivity index is 2.08. The lowest BCUT2D eigenvalue weighted by Crippen LogP contribution is -2.54. The summed E-state index contributed by atoms with van der Waals surface area (Å²) >= 11 is 11.5. The number of hydrogen-bond donors (Lipinski definition) is 2. The maximum Gasteiger partial charge on any atom is 0.341 e. The van der Waals surface area contributed by atoms with Crippen molar-refractivity contribution < 1.29 is 13.9 Å². The highest BCUT2D eigenvalue weighted by Gasteiger charge is 2.22. The Morgan fingerprint density at radius 2 is 1.94 bits per heavy atom. The SMILES string of the molecule is CC(C)OC(=O)Cn1c(=O)n(C)c(=O)n(-c2cc(NC(=S)N3CCCCN3)c(F)cc2Cl)c1=O. The fourth-order valence-electron chi connectivity index (χ4n) is 3.32. The number of halogens is 2. The van der Waals surface area contributed by atoms with E-state index in [4.69, 9.17) is 28.6 Å². The van der Waals surface area contributed by atoms with Gasteiger partial charge in [-0.05, 0) is 51.0 Å². The lowest BCUT2D eigenvalue weighted by atomic mass is 10.2. The number of hydrazine groups is 1. The lowest BCUT2D eigenvalue weighted by Gasteiger charge is -2.30. The van der Waals surface area contributed by atoms with Gasteiger partial charge in [0.15, 0.2) is 5.11 Å². The summed E-state index contributed by atoms with van der Waals surface area (Å²) in [4.78, 5) is 50.5. The summed E-state index contributed by atoms with van der Waals surface area (Å²) < 4.78 is 21.4. The summed E-state index contributed by atoms with van der Waals surface area (Å²) in [6.07, 6.45) is 1.40. The molecule has 2 heterocycles. The highest BCUT2D eigenvalue weighted by atomic mass is 35.5. The number of benzene rings is 1. The average molecular weight is 515 g/mol. The molecule has 1 aromatic heterocycles. The molecule has 0 unspecified atom stereocenters. The van der Waals surface area contributed by atoms with Crippen molar-refractivity contribution in [3.63, 3.8) is 0 Å². The van der Waals surface area contributed by atoms with E-state index in [0.29, 0.717) is 26.8 Å². The molecule has 0 aliphatic carbocycles. The van der Waals surface area contributed by atoms with E-state index in [2.05, 4.69) is 10.7 Å². The molecule has 1 aliphatic heterocycles. The van der Waals surface area contributed by atoms with Gasteiger partial charge in [0.05, 0.1) is 22.5 Å². The predicted molar refractivity (Wildman–Crippen MR) is 128 cm³/mol. The number of anilines is 1. The van der Waals surface area contributed by atoms with E-state index in [9.17, 15) is 23.6 Å². The fourth-order valence-corrected chi connectivity index (χ4v) is 3.82. The van der Waals surface area contributed by atoms with Gasteiger partial charge in [0.2, 0.25) is 0 Å². The molecule has 1 fully saturated rings. The zero-order valence-corrected chi connectivity index (χ0v) is 20.3. The van der Waals surface area contributed by atoms with Crippen LogP contribution in [0.3, 0.4) is 0 Å². The van der Waals surface area contributed by atoms with Gasteiger partial charge in [0.1, 0.15) is 12.4 Å². The second-order valence-electron chi connectivity index (χ2n) is 7.85. The van der Waals surface area contributed by atoms with Crippen molar-refractivity contribution in [3.05, 3.63) is 54.4 Å². The number of nitrogens with one attached hydrogen (secondary N) is 2. The summed E-state index contributed by atoms with van der Waals surface area (Å²) in [5.74, 6) is -1.61. The Bertz CT molecular complexity index is 1300. The van der Waals surface area contributed by atoms with E-state index in [1.54, 1.807) is 18.9 Å². The normalized spacial score (nSPS) is 13.8. The number of hydrogen-bond acceptors (Lipinski definition) is 7. The van der Waals surface area contributed by atoms with Crippen LogP contribution in [-0.2, 0) is 23.1 Å². The minimum absolute atomic E-state index is 0.136. The van der Waals surface area contributed by atoms with Gasteiger partial charge < -0.3 is 10.1 Å². The second-order valence-corrected chi connectivity index (χ2v) is 8.64. The first-order valence-electron chi connectivity index (χ1n) is 10.4. The van der Waals surface area contributed by atoms with Crippen molar-refractivity contribution in [3.8, 4) is 5.69 Å². The van der Waals surface area contributed by atoms with E-state index in [1.807, 2.05) is 0 Å². The zero-order valence-electron chi connectivity index (χ0n) is 18.8. The van der Waals surface area contributed by atoms with Gasteiger partial charge in [-0.25, -0.2) is 37.9 Å². The molecule has 184 valence electrons. The van der Waals surface area contributed by atoms with Crippen molar-refractivity contribution in [2.45, 2.75) is 39.3 Å². The Hall–Kier alpha value is -3.03. The van der Waals surface area contributed by atoms with E-state index >= 15 is 0 Å². The maximum absolute atomic E-state index is 14.7. The van der Waals surface area contributed by atoms with Gasteiger partial charge in [-0.1, -0.05) is 11.6 Å². The van der Waals surface area contributed by atoms with Crippen LogP contribution in [0.15, 0.2) is 26.5 Å². The van der Waals surface area contributed by atoms with Crippen molar-refractivity contribution in [2.24, 2.45) is 7.05 Å². The van der Waals surface area contributed by atoms with Gasteiger partial charge in [-0.2, -0.15) is 0 Å². The number of carbonyl (C=O) groups is 1. The molecule has 1 aliphatic rings. The minimum atomic E-state index is -1.13. The Labute approximate surface area is 203 Å². The number of aromatic nitrogens is 3. The maximum atomic E-state index is 14.7. The zero-order chi connectivity index (χ0) is 25.2. The smallest absolute Gasteiger partial charge is 0.341 e. The molecule has 2 N–H and O–H groups in total. The lowest BCUT2D eigenvalue weighted by molar-refractivity contribution is -0.148. The van der Waals surface area contributed by atoms with Crippen molar-refractivity contribution in [1.82, 2.24) is 24.1 Å². The van der Waals surface area contributed by atoms with Crippen LogP contribution in [0, 0.1) is 5.82 Å². The molecule has 0 amide bonds. The van der Waals surface area contributed by atoms with Crippen LogP contribution in [-0.4, -0.2) is 49.0 Å². The van der Waals surface area contributed by atoms with E-state index in [1.165, 1.54) is 0 Å². The molecule has 0 radical (unpaired) electrons. The first kappa shape index (κ1) is 25.6. The molecule has 1 aromatic carbocycles. The number of carbonyl (C=O) groups excluding carboxylic acids is 1. The topological polar surface area (TPSA) is 120 Å². The molecule has 14 heteroatoms. The van der Waals surface area contributed by atoms with Crippen molar-refractivity contribution in [1.29, 1.82) is 0 Å². The van der Waals surface area contributed by atoms with Gasteiger partial charge in [-0.3, -0.25) is 9.80 Å². The van der Waals surface area contributed by atoms with E-state index in [-0.39, 0.29) is 21.5 Å².